The van der Waals surface area contributed by atoms with Gasteiger partial charge >= 0.3 is 0 Å². The molecule has 0 aromatic heterocycles. The lowest BCUT2D eigenvalue weighted by Gasteiger charge is -2.00. The summed E-state index contributed by atoms with van der Waals surface area (Å²) in [6.45, 7) is 2.46. The quantitative estimate of drug-likeness (QED) is 0.208. The van der Waals surface area contributed by atoms with Crippen molar-refractivity contribution in [2.75, 3.05) is 6.61 Å². The average molecular weight is 257 g/mol. The molecule has 0 aliphatic carbocycles. The van der Waals surface area contributed by atoms with Crippen molar-refractivity contribution in [3.63, 3.8) is 0 Å². The summed E-state index contributed by atoms with van der Waals surface area (Å²) < 4.78 is 0. The van der Waals surface area contributed by atoms with Crippen LogP contribution in [0.5, 0.6) is 0 Å². The van der Waals surface area contributed by atoms with Gasteiger partial charge in [0.15, 0.2) is 0 Å². The molecule has 0 aromatic rings. The molecule has 4 heteroatoms. The maximum absolute atomic E-state index is 9.88. The van der Waals surface area contributed by atoms with Crippen LogP contribution in [0.4, 0.5) is 0 Å². The lowest BCUT2D eigenvalue weighted by Crippen LogP contribution is -2.01. The van der Waals surface area contributed by atoms with Crippen LogP contribution >= 0.6 is 0 Å². The predicted molar refractivity (Wildman–Crippen MR) is 73.9 cm³/mol. The van der Waals surface area contributed by atoms with E-state index in [0.29, 0.717) is 0 Å². The van der Waals surface area contributed by atoms with Crippen LogP contribution in [0.25, 0.3) is 0 Å². The summed E-state index contributed by atoms with van der Waals surface area (Å²) in [5, 5.41) is 9.16. The summed E-state index contributed by atoms with van der Waals surface area (Å²) in [7, 11) is 0. The number of allylic oxidation sites excluding steroid dienone is 2. The van der Waals surface area contributed by atoms with Gasteiger partial charge < -0.3 is 4.84 Å². The fourth-order valence-electron chi connectivity index (χ4n) is 1.77. The molecule has 0 rings (SSSR count). The largest absolute Gasteiger partial charge is 0.314 e. The Labute approximate surface area is 111 Å². The summed E-state index contributed by atoms with van der Waals surface area (Å²) in [6, 6.07) is 0. The standard InChI is InChI=1S/C14H27NO3/c1-2-3-4-5-6-7-8-9-10-11-12-13-14-18-15(16)17/h5-6H,2-4,7-14H2,1H3/b6-5-. The van der Waals surface area contributed by atoms with Crippen molar-refractivity contribution in [3.8, 4) is 0 Å². The van der Waals surface area contributed by atoms with Crippen molar-refractivity contribution in [1.29, 1.82) is 0 Å². The summed E-state index contributed by atoms with van der Waals surface area (Å²) in [4.78, 5) is 14.1. The second kappa shape index (κ2) is 14.0. The normalized spacial score (nSPS) is 10.9. The van der Waals surface area contributed by atoms with Crippen LogP contribution in [0.3, 0.4) is 0 Å². The molecule has 4 nitrogen and oxygen atoms in total. The van der Waals surface area contributed by atoms with E-state index in [4.69, 9.17) is 0 Å². The van der Waals surface area contributed by atoms with Crippen LogP contribution in [0.1, 0.15) is 71.1 Å². The van der Waals surface area contributed by atoms with Crippen molar-refractivity contribution in [3.05, 3.63) is 22.3 Å². The minimum absolute atomic E-state index is 0.243. The van der Waals surface area contributed by atoms with E-state index < -0.39 is 5.09 Å². The molecule has 0 N–H and O–H groups in total. The van der Waals surface area contributed by atoms with E-state index in [9.17, 15) is 10.1 Å². The second-order valence-electron chi connectivity index (χ2n) is 4.58. The predicted octanol–water partition coefficient (Wildman–Crippen LogP) is 4.67. The van der Waals surface area contributed by atoms with Crippen LogP contribution < -0.4 is 0 Å². The summed E-state index contributed by atoms with van der Waals surface area (Å²) in [6.07, 6.45) is 16.3. The molecule has 0 saturated heterocycles. The Bertz CT molecular complexity index is 217. The van der Waals surface area contributed by atoms with Crippen molar-refractivity contribution in [2.24, 2.45) is 0 Å². The average Bonchev–Trinajstić information content (AvgIpc) is 2.34. The maximum Gasteiger partial charge on any atom is 0.294 e. The lowest BCUT2D eigenvalue weighted by molar-refractivity contribution is -0.757. The van der Waals surface area contributed by atoms with E-state index in [2.05, 4.69) is 23.9 Å². The van der Waals surface area contributed by atoms with Gasteiger partial charge in [-0.15, -0.1) is 10.1 Å². The van der Waals surface area contributed by atoms with Crippen molar-refractivity contribution in [1.82, 2.24) is 0 Å². The molecule has 0 spiro atoms. The van der Waals surface area contributed by atoms with E-state index >= 15 is 0 Å². The van der Waals surface area contributed by atoms with Crippen LogP contribution in [-0.4, -0.2) is 11.7 Å². The fraction of sp³-hybridized carbons (Fsp3) is 0.857. The van der Waals surface area contributed by atoms with Gasteiger partial charge in [0.2, 0.25) is 0 Å². The summed E-state index contributed by atoms with van der Waals surface area (Å²) in [5.74, 6) is 0. The summed E-state index contributed by atoms with van der Waals surface area (Å²) >= 11 is 0. The van der Waals surface area contributed by atoms with E-state index in [0.717, 1.165) is 19.3 Å². The first kappa shape index (κ1) is 16.9. The fourth-order valence-corrected chi connectivity index (χ4v) is 1.77. The van der Waals surface area contributed by atoms with Crippen molar-refractivity contribution in [2.45, 2.75) is 71.1 Å². The Hall–Kier alpha value is -1.06. The van der Waals surface area contributed by atoms with Crippen LogP contribution in [-0.2, 0) is 4.84 Å². The highest BCUT2D eigenvalue weighted by molar-refractivity contribution is 4.80. The van der Waals surface area contributed by atoms with Crippen molar-refractivity contribution < 1.29 is 9.92 Å². The molecule has 0 aliphatic heterocycles. The molecule has 106 valence electrons. The third kappa shape index (κ3) is 14.9. The highest BCUT2D eigenvalue weighted by atomic mass is 16.9. The zero-order chi connectivity index (χ0) is 13.5. The maximum atomic E-state index is 9.88. The van der Waals surface area contributed by atoms with E-state index in [1.165, 1.54) is 44.9 Å². The first-order chi connectivity index (χ1) is 8.77. The number of hydrogen-bond donors (Lipinski definition) is 0. The number of unbranched alkanes of at least 4 members (excludes halogenated alkanes) is 8. The SMILES string of the molecule is CCCC/C=C\CCCCCCCCO[N+](=O)[O-]. The van der Waals surface area contributed by atoms with E-state index in [1.807, 2.05) is 0 Å². The Morgan fingerprint density at radius 2 is 1.50 bits per heavy atom. The Balaban J connectivity index is 3.03. The molecule has 0 radical (unpaired) electrons. The third-order valence-corrected chi connectivity index (χ3v) is 2.85. The molecule has 0 unspecified atom stereocenters. The number of rotatable bonds is 13. The molecule has 0 atom stereocenters. The molecular formula is C14H27NO3. The smallest absolute Gasteiger partial charge is 0.294 e. The molecule has 0 aliphatic rings. The van der Waals surface area contributed by atoms with Gasteiger partial charge in [-0.2, -0.15) is 0 Å². The van der Waals surface area contributed by atoms with Gasteiger partial charge in [-0.05, 0) is 25.7 Å². The molecule has 0 aromatic carbocycles. The van der Waals surface area contributed by atoms with Crippen LogP contribution in [0.2, 0.25) is 0 Å². The Kier molecular flexibility index (Phi) is 13.2. The first-order valence-corrected chi connectivity index (χ1v) is 7.19. The molecular weight excluding hydrogens is 230 g/mol. The van der Waals surface area contributed by atoms with Gasteiger partial charge in [0.1, 0.15) is 0 Å². The zero-order valence-corrected chi connectivity index (χ0v) is 11.6. The molecule has 0 heterocycles. The van der Waals surface area contributed by atoms with Crippen molar-refractivity contribution >= 4 is 0 Å². The Morgan fingerprint density at radius 3 is 2.11 bits per heavy atom. The van der Waals surface area contributed by atoms with Crippen LogP contribution in [0, 0.1) is 10.1 Å². The monoisotopic (exact) mass is 257 g/mol. The van der Waals surface area contributed by atoms with Gasteiger partial charge in [0, 0.05) is 0 Å². The van der Waals surface area contributed by atoms with E-state index in [-0.39, 0.29) is 6.61 Å². The van der Waals surface area contributed by atoms with Gasteiger partial charge in [0.25, 0.3) is 5.09 Å². The Morgan fingerprint density at radius 1 is 0.944 bits per heavy atom. The van der Waals surface area contributed by atoms with E-state index in [1.54, 1.807) is 0 Å². The minimum Gasteiger partial charge on any atom is -0.314 e. The summed E-state index contributed by atoms with van der Waals surface area (Å²) in [5.41, 5.74) is 0. The van der Waals surface area contributed by atoms with Gasteiger partial charge in [0.05, 0.1) is 6.61 Å². The molecule has 0 fully saturated rings. The van der Waals surface area contributed by atoms with Gasteiger partial charge in [-0.3, -0.25) is 0 Å². The first-order valence-electron chi connectivity index (χ1n) is 7.19. The third-order valence-electron chi connectivity index (χ3n) is 2.85. The lowest BCUT2D eigenvalue weighted by atomic mass is 10.1. The van der Waals surface area contributed by atoms with Crippen LogP contribution in [0.15, 0.2) is 12.2 Å². The molecule has 0 saturated carbocycles. The highest BCUT2D eigenvalue weighted by Crippen LogP contribution is 2.08. The number of hydrogen-bond acceptors (Lipinski definition) is 3. The minimum atomic E-state index is -0.717. The molecule has 0 bridgehead atoms. The number of nitrogens with zero attached hydrogens (tertiary/aromatic N) is 1. The highest BCUT2D eigenvalue weighted by Gasteiger charge is 1.94. The molecule has 18 heavy (non-hydrogen) atoms. The topological polar surface area (TPSA) is 52.4 Å². The zero-order valence-electron chi connectivity index (χ0n) is 11.6. The van der Waals surface area contributed by atoms with Gasteiger partial charge in [-0.1, -0.05) is 57.6 Å². The van der Waals surface area contributed by atoms with Gasteiger partial charge in [-0.25, -0.2) is 0 Å². The second-order valence-corrected chi connectivity index (χ2v) is 4.58. The molecule has 0 amide bonds.